The molecule has 1 fully saturated rings. The Hall–Kier alpha value is -3.01. The van der Waals surface area contributed by atoms with E-state index in [4.69, 9.17) is 22.1 Å². The number of unbranched alkanes of at least 4 members (excludes halogenated alkanes) is 1. The number of halogens is 1. The molecule has 2 aromatic rings. The van der Waals surface area contributed by atoms with Crippen LogP contribution in [0, 0.1) is 0 Å². The Morgan fingerprint density at radius 2 is 2.14 bits per heavy atom. The molecule has 1 aromatic heterocycles. The summed E-state index contributed by atoms with van der Waals surface area (Å²) in [6.45, 7) is 3.66. The van der Waals surface area contributed by atoms with Gasteiger partial charge in [-0.25, -0.2) is 4.79 Å². The van der Waals surface area contributed by atoms with E-state index in [1.165, 1.54) is 0 Å². The second-order valence-corrected chi connectivity index (χ2v) is 7.15. The molecule has 0 bridgehead atoms. The number of nitrogens with one attached hydrogen (secondary N) is 2. The lowest BCUT2D eigenvalue weighted by Gasteiger charge is -2.43. The van der Waals surface area contributed by atoms with Crippen molar-refractivity contribution < 1.29 is 9.53 Å². The van der Waals surface area contributed by atoms with Gasteiger partial charge >= 0.3 is 6.09 Å². The Kier molecular flexibility index (Phi) is 6.76. The van der Waals surface area contributed by atoms with Crippen LogP contribution in [0.15, 0.2) is 24.3 Å². The number of benzene rings is 1. The molecule has 10 nitrogen and oxygen atoms in total. The molecule has 29 heavy (non-hydrogen) atoms. The third-order valence-corrected chi connectivity index (χ3v) is 4.72. The van der Waals surface area contributed by atoms with Gasteiger partial charge in [0.25, 0.3) is 0 Å². The average Bonchev–Trinajstić information content (AvgIpc) is 2.65. The minimum Gasteiger partial charge on any atom is -0.449 e. The van der Waals surface area contributed by atoms with Gasteiger partial charge in [-0.2, -0.15) is 15.0 Å². The Morgan fingerprint density at radius 3 is 2.86 bits per heavy atom. The van der Waals surface area contributed by atoms with Crippen LogP contribution in [-0.4, -0.2) is 58.7 Å². The van der Waals surface area contributed by atoms with E-state index in [-0.39, 0.29) is 24.0 Å². The molecule has 1 amide bonds. The first-order valence-electron chi connectivity index (χ1n) is 9.40. The highest BCUT2D eigenvalue weighted by Gasteiger charge is 2.35. The summed E-state index contributed by atoms with van der Waals surface area (Å²) in [6, 6.07) is 7.24. The lowest BCUT2D eigenvalue weighted by molar-refractivity contribution is 0.0898. The van der Waals surface area contributed by atoms with Crippen LogP contribution in [0.3, 0.4) is 0 Å². The SMILES string of the molecule is CCCCOC(=O)N(C)C1CN(c2nc(N)nc(NNc3cccc(Cl)c3)n2)C1. The van der Waals surface area contributed by atoms with Crippen molar-refractivity contribution in [1.29, 1.82) is 0 Å². The van der Waals surface area contributed by atoms with E-state index in [0.717, 1.165) is 18.5 Å². The fourth-order valence-electron chi connectivity index (χ4n) is 2.69. The highest BCUT2D eigenvalue weighted by atomic mass is 35.5. The molecular formula is C18H25ClN8O2. The molecule has 0 spiro atoms. The highest BCUT2D eigenvalue weighted by molar-refractivity contribution is 6.30. The molecule has 0 atom stereocenters. The maximum Gasteiger partial charge on any atom is 0.409 e. The van der Waals surface area contributed by atoms with E-state index in [2.05, 4.69) is 32.7 Å². The summed E-state index contributed by atoms with van der Waals surface area (Å²) in [5.41, 5.74) is 12.4. The van der Waals surface area contributed by atoms with Gasteiger partial charge in [0.1, 0.15) is 0 Å². The summed E-state index contributed by atoms with van der Waals surface area (Å²) in [5, 5.41) is 0.608. The second kappa shape index (κ2) is 9.46. The third kappa shape index (κ3) is 5.50. The molecule has 11 heteroatoms. The normalized spacial score (nSPS) is 13.6. The first-order chi connectivity index (χ1) is 14.0. The van der Waals surface area contributed by atoms with Gasteiger partial charge in [0.2, 0.25) is 17.8 Å². The molecule has 3 rings (SSSR count). The number of ether oxygens (including phenoxy) is 1. The molecule has 1 aromatic carbocycles. The summed E-state index contributed by atoms with van der Waals surface area (Å²) in [7, 11) is 1.74. The zero-order chi connectivity index (χ0) is 20.8. The van der Waals surface area contributed by atoms with Crippen molar-refractivity contribution in [2.45, 2.75) is 25.8 Å². The van der Waals surface area contributed by atoms with Gasteiger partial charge in [0, 0.05) is 25.2 Å². The molecule has 1 aliphatic rings. The quantitative estimate of drug-likeness (QED) is 0.436. The van der Waals surface area contributed by atoms with Crippen LogP contribution in [0.1, 0.15) is 19.8 Å². The predicted octanol–water partition coefficient (Wildman–Crippen LogP) is 2.60. The Morgan fingerprint density at radius 1 is 1.34 bits per heavy atom. The second-order valence-electron chi connectivity index (χ2n) is 6.72. The van der Waals surface area contributed by atoms with Gasteiger partial charge in [-0.1, -0.05) is 31.0 Å². The number of nitrogens with zero attached hydrogens (tertiary/aromatic N) is 5. The van der Waals surface area contributed by atoms with E-state index in [1.807, 2.05) is 17.0 Å². The minimum absolute atomic E-state index is 0.0307. The number of nitrogen functional groups attached to an aromatic ring is 1. The van der Waals surface area contributed by atoms with Crippen molar-refractivity contribution in [3.05, 3.63) is 29.3 Å². The largest absolute Gasteiger partial charge is 0.449 e. The average molecular weight is 421 g/mol. The Labute approximate surface area is 174 Å². The molecule has 0 unspecified atom stereocenters. The van der Waals surface area contributed by atoms with Crippen LogP contribution in [0.5, 0.6) is 0 Å². The summed E-state index contributed by atoms with van der Waals surface area (Å²) in [5.74, 6) is 0.821. The monoisotopic (exact) mass is 420 g/mol. The number of carbonyl (C=O) groups excluding carboxylic acids is 1. The van der Waals surface area contributed by atoms with Crippen LogP contribution in [-0.2, 0) is 4.74 Å². The molecular weight excluding hydrogens is 396 g/mol. The van der Waals surface area contributed by atoms with E-state index in [9.17, 15) is 4.79 Å². The summed E-state index contributed by atoms with van der Waals surface area (Å²) in [4.78, 5) is 28.2. The summed E-state index contributed by atoms with van der Waals surface area (Å²) >= 11 is 5.97. The van der Waals surface area contributed by atoms with Crippen LogP contribution < -0.4 is 21.5 Å². The molecule has 0 radical (unpaired) electrons. The van der Waals surface area contributed by atoms with Gasteiger partial charge in [0.15, 0.2) is 0 Å². The Balaban J connectivity index is 1.55. The number of aromatic nitrogens is 3. The van der Waals surface area contributed by atoms with Gasteiger partial charge in [0.05, 0.1) is 18.3 Å². The molecule has 2 heterocycles. The summed E-state index contributed by atoms with van der Waals surface area (Å²) in [6.07, 6.45) is 1.53. The van der Waals surface area contributed by atoms with Gasteiger partial charge < -0.3 is 20.3 Å². The lowest BCUT2D eigenvalue weighted by Crippen LogP contribution is -2.60. The number of carbonyl (C=O) groups is 1. The first-order valence-corrected chi connectivity index (χ1v) is 9.77. The number of hydrazine groups is 1. The fourth-order valence-corrected chi connectivity index (χ4v) is 2.88. The Bertz CT molecular complexity index is 846. The number of nitrogens with two attached hydrogens (primary N) is 1. The number of likely N-dealkylation sites (N-methyl/N-ethyl adjacent to an activating group) is 1. The van der Waals surface area contributed by atoms with E-state index < -0.39 is 0 Å². The zero-order valence-corrected chi connectivity index (χ0v) is 17.2. The van der Waals surface area contributed by atoms with Crippen LogP contribution in [0.25, 0.3) is 0 Å². The lowest BCUT2D eigenvalue weighted by atomic mass is 10.1. The zero-order valence-electron chi connectivity index (χ0n) is 16.4. The van der Waals surface area contributed by atoms with Gasteiger partial charge in [-0.3, -0.25) is 10.9 Å². The molecule has 4 N–H and O–H groups in total. The maximum absolute atomic E-state index is 12.0. The maximum atomic E-state index is 12.0. The standard InChI is InChI=1S/C18H25ClN8O2/c1-3-4-8-29-18(28)26(2)14-10-27(11-14)17-22-15(20)21-16(23-17)25-24-13-7-5-6-12(19)9-13/h5-7,9,14,24H,3-4,8,10-11H2,1-2H3,(H3,20,21,22,23,25). The van der Waals surface area contributed by atoms with E-state index in [0.29, 0.717) is 30.7 Å². The van der Waals surface area contributed by atoms with Gasteiger partial charge in [-0.05, 0) is 24.6 Å². The van der Waals surface area contributed by atoms with Crippen LogP contribution >= 0.6 is 11.6 Å². The van der Waals surface area contributed by atoms with Crippen molar-refractivity contribution >= 4 is 41.2 Å². The van der Waals surface area contributed by atoms with Crippen molar-refractivity contribution in [2.75, 3.05) is 48.2 Å². The smallest absolute Gasteiger partial charge is 0.409 e. The van der Waals surface area contributed by atoms with Crippen molar-refractivity contribution in [2.24, 2.45) is 0 Å². The van der Waals surface area contributed by atoms with Crippen molar-refractivity contribution in [1.82, 2.24) is 19.9 Å². The highest BCUT2D eigenvalue weighted by Crippen LogP contribution is 2.22. The first kappa shape index (κ1) is 20.7. The number of hydrogen-bond acceptors (Lipinski definition) is 9. The number of anilines is 4. The topological polar surface area (TPSA) is 122 Å². The molecule has 1 aliphatic heterocycles. The fraction of sp³-hybridized carbons (Fsp3) is 0.444. The number of rotatable bonds is 8. The molecule has 0 saturated carbocycles. The molecule has 156 valence electrons. The predicted molar refractivity (Wildman–Crippen MR) is 113 cm³/mol. The van der Waals surface area contributed by atoms with Gasteiger partial charge in [-0.15, -0.1) is 0 Å². The van der Waals surface area contributed by atoms with Crippen molar-refractivity contribution in [3.63, 3.8) is 0 Å². The van der Waals surface area contributed by atoms with Crippen LogP contribution in [0.2, 0.25) is 5.02 Å². The number of hydrogen-bond donors (Lipinski definition) is 3. The van der Waals surface area contributed by atoms with Crippen LogP contribution in [0.4, 0.5) is 28.3 Å². The number of amides is 1. The van der Waals surface area contributed by atoms with Crippen molar-refractivity contribution in [3.8, 4) is 0 Å². The summed E-state index contributed by atoms with van der Waals surface area (Å²) < 4.78 is 5.24. The van der Waals surface area contributed by atoms with E-state index >= 15 is 0 Å². The van der Waals surface area contributed by atoms with E-state index in [1.54, 1.807) is 24.1 Å². The minimum atomic E-state index is -0.314. The molecule has 1 saturated heterocycles. The third-order valence-electron chi connectivity index (χ3n) is 4.49. The molecule has 0 aliphatic carbocycles.